The van der Waals surface area contributed by atoms with E-state index in [0.29, 0.717) is 24.7 Å². The molecule has 0 bridgehead atoms. The second kappa shape index (κ2) is 6.38. The van der Waals surface area contributed by atoms with Crippen LogP contribution in [0.2, 0.25) is 0 Å². The minimum Gasteiger partial charge on any atom is -0.492 e. The molecule has 5 nitrogen and oxygen atoms in total. The molecule has 0 aliphatic rings. The Hall–Kier alpha value is -2.58. The van der Waals surface area contributed by atoms with Gasteiger partial charge in [0, 0.05) is 12.2 Å². The van der Waals surface area contributed by atoms with Crippen molar-refractivity contribution in [3.8, 4) is 11.8 Å². The zero-order valence-corrected chi connectivity index (χ0v) is 10.3. The van der Waals surface area contributed by atoms with Crippen LogP contribution in [-0.2, 0) is 0 Å². The van der Waals surface area contributed by atoms with Crippen molar-refractivity contribution in [2.24, 2.45) is 5.73 Å². The van der Waals surface area contributed by atoms with Gasteiger partial charge in [-0.2, -0.15) is 5.26 Å². The van der Waals surface area contributed by atoms with Crippen molar-refractivity contribution in [3.05, 3.63) is 48.2 Å². The summed E-state index contributed by atoms with van der Waals surface area (Å²) in [5.41, 5.74) is 6.62. The maximum absolute atomic E-state index is 8.78. The lowest BCUT2D eigenvalue weighted by Gasteiger charge is -2.08. The third-order valence-corrected chi connectivity index (χ3v) is 2.38. The normalized spacial score (nSPS) is 9.68. The topological polar surface area (TPSA) is 84.0 Å². The first kappa shape index (κ1) is 12.9. The Kier molecular flexibility index (Phi) is 4.32. The number of rotatable bonds is 5. The van der Waals surface area contributed by atoms with E-state index in [2.05, 4.69) is 10.3 Å². The summed E-state index contributed by atoms with van der Waals surface area (Å²) in [6, 6.07) is 14.7. The SMILES string of the molecule is N#Cc1cccc(Nc2ccc(OCCN)cc2)n1. The van der Waals surface area contributed by atoms with Crippen molar-refractivity contribution in [2.75, 3.05) is 18.5 Å². The molecule has 0 unspecified atom stereocenters. The number of nitriles is 1. The van der Waals surface area contributed by atoms with E-state index in [9.17, 15) is 0 Å². The highest BCUT2D eigenvalue weighted by Gasteiger charge is 1.99. The summed E-state index contributed by atoms with van der Waals surface area (Å²) in [7, 11) is 0. The fourth-order valence-corrected chi connectivity index (χ4v) is 1.53. The molecule has 0 saturated carbocycles. The van der Waals surface area contributed by atoms with Crippen LogP contribution in [0.25, 0.3) is 0 Å². The van der Waals surface area contributed by atoms with Crippen LogP contribution in [0.15, 0.2) is 42.5 Å². The predicted octanol–water partition coefficient (Wildman–Crippen LogP) is 2.03. The van der Waals surface area contributed by atoms with Crippen LogP contribution in [0.5, 0.6) is 5.75 Å². The second-order valence-corrected chi connectivity index (χ2v) is 3.81. The first-order chi connectivity index (χ1) is 9.31. The summed E-state index contributed by atoms with van der Waals surface area (Å²) >= 11 is 0. The summed E-state index contributed by atoms with van der Waals surface area (Å²) in [5.74, 6) is 1.41. The molecular formula is C14H14N4O. The van der Waals surface area contributed by atoms with Gasteiger partial charge in [0.15, 0.2) is 0 Å². The van der Waals surface area contributed by atoms with Crippen LogP contribution in [0.1, 0.15) is 5.69 Å². The van der Waals surface area contributed by atoms with Gasteiger partial charge in [0.25, 0.3) is 0 Å². The second-order valence-electron chi connectivity index (χ2n) is 3.81. The van der Waals surface area contributed by atoms with E-state index >= 15 is 0 Å². The van der Waals surface area contributed by atoms with Crippen molar-refractivity contribution in [1.82, 2.24) is 4.98 Å². The maximum Gasteiger partial charge on any atom is 0.142 e. The summed E-state index contributed by atoms with van der Waals surface area (Å²) in [6.07, 6.45) is 0. The highest BCUT2D eigenvalue weighted by Crippen LogP contribution is 2.19. The standard InChI is InChI=1S/C14H14N4O/c15-8-9-19-13-6-4-11(5-7-13)17-14-3-1-2-12(10-16)18-14/h1-7H,8-9,15H2,(H,17,18). The maximum atomic E-state index is 8.78. The molecule has 0 atom stereocenters. The number of pyridine rings is 1. The number of benzene rings is 1. The zero-order chi connectivity index (χ0) is 13.5. The average molecular weight is 254 g/mol. The first-order valence-corrected chi connectivity index (χ1v) is 5.89. The van der Waals surface area contributed by atoms with Gasteiger partial charge in [-0.15, -0.1) is 0 Å². The summed E-state index contributed by atoms with van der Waals surface area (Å²) in [4.78, 5) is 4.14. The van der Waals surface area contributed by atoms with E-state index in [0.717, 1.165) is 11.4 Å². The van der Waals surface area contributed by atoms with Gasteiger partial charge >= 0.3 is 0 Å². The molecule has 19 heavy (non-hydrogen) atoms. The van der Waals surface area contributed by atoms with Crippen LogP contribution in [0.4, 0.5) is 11.5 Å². The molecule has 0 fully saturated rings. The minimum atomic E-state index is 0.382. The number of nitrogens with zero attached hydrogens (tertiary/aromatic N) is 2. The molecule has 5 heteroatoms. The van der Waals surface area contributed by atoms with Gasteiger partial charge in [-0.3, -0.25) is 0 Å². The van der Waals surface area contributed by atoms with E-state index in [1.165, 1.54) is 0 Å². The number of nitrogens with one attached hydrogen (secondary N) is 1. The van der Waals surface area contributed by atoms with Gasteiger partial charge in [0.1, 0.15) is 29.9 Å². The molecule has 0 aliphatic carbocycles. The van der Waals surface area contributed by atoms with E-state index < -0.39 is 0 Å². The number of hydrogen-bond donors (Lipinski definition) is 2. The molecule has 3 N–H and O–H groups in total. The van der Waals surface area contributed by atoms with Gasteiger partial charge < -0.3 is 15.8 Å². The highest BCUT2D eigenvalue weighted by atomic mass is 16.5. The lowest BCUT2D eigenvalue weighted by molar-refractivity contribution is 0.328. The lowest BCUT2D eigenvalue weighted by Crippen LogP contribution is -2.10. The smallest absolute Gasteiger partial charge is 0.142 e. The fraction of sp³-hybridized carbons (Fsp3) is 0.143. The molecule has 1 aromatic carbocycles. The van der Waals surface area contributed by atoms with Crippen LogP contribution in [0, 0.1) is 11.3 Å². The minimum absolute atomic E-state index is 0.382. The van der Waals surface area contributed by atoms with Gasteiger partial charge in [0.2, 0.25) is 0 Å². The number of aromatic nitrogens is 1. The largest absolute Gasteiger partial charge is 0.492 e. The first-order valence-electron chi connectivity index (χ1n) is 5.89. The molecule has 0 amide bonds. The zero-order valence-electron chi connectivity index (χ0n) is 10.3. The van der Waals surface area contributed by atoms with Crippen molar-refractivity contribution in [1.29, 1.82) is 5.26 Å². The van der Waals surface area contributed by atoms with Crippen LogP contribution in [-0.4, -0.2) is 18.1 Å². The van der Waals surface area contributed by atoms with Gasteiger partial charge in [-0.1, -0.05) is 6.07 Å². The van der Waals surface area contributed by atoms with Crippen LogP contribution in [0.3, 0.4) is 0 Å². The molecule has 1 heterocycles. The quantitative estimate of drug-likeness (QED) is 0.853. The molecule has 0 radical (unpaired) electrons. The summed E-state index contributed by atoms with van der Waals surface area (Å²) < 4.78 is 5.39. The Morgan fingerprint density at radius 3 is 2.68 bits per heavy atom. The predicted molar refractivity (Wildman–Crippen MR) is 73.2 cm³/mol. The molecule has 0 saturated heterocycles. The van der Waals surface area contributed by atoms with Crippen molar-refractivity contribution < 1.29 is 4.74 Å². The van der Waals surface area contributed by atoms with E-state index in [-0.39, 0.29) is 0 Å². The summed E-state index contributed by atoms with van der Waals surface area (Å²) in [5, 5.41) is 11.9. The van der Waals surface area contributed by atoms with Gasteiger partial charge in [-0.05, 0) is 36.4 Å². The van der Waals surface area contributed by atoms with Crippen LogP contribution >= 0.6 is 0 Å². The Morgan fingerprint density at radius 1 is 1.21 bits per heavy atom. The van der Waals surface area contributed by atoms with Crippen molar-refractivity contribution in [2.45, 2.75) is 0 Å². The molecule has 96 valence electrons. The molecular weight excluding hydrogens is 240 g/mol. The number of ether oxygens (including phenoxy) is 1. The fourth-order valence-electron chi connectivity index (χ4n) is 1.53. The lowest BCUT2D eigenvalue weighted by atomic mass is 10.3. The van der Waals surface area contributed by atoms with E-state index in [1.54, 1.807) is 18.2 Å². The van der Waals surface area contributed by atoms with E-state index in [4.69, 9.17) is 15.7 Å². The van der Waals surface area contributed by atoms with Gasteiger partial charge in [0.05, 0.1) is 0 Å². The van der Waals surface area contributed by atoms with Gasteiger partial charge in [-0.25, -0.2) is 4.98 Å². The van der Waals surface area contributed by atoms with E-state index in [1.807, 2.05) is 30.3 Å². The average Bonchev–Trinajstić information content (AvgIpc) is 2.47. The summed E-state index contributed by atoms with van der Waals surface area (Å²) in [6.45, 7) is 0.990. The molecule has 2 rings (SSSR count). The molecule has 0 aliphatic heterocycles. The Morgan fingerprint density at radius 2 is 2.00 bits per heavy atom. The Balaban J connectivity index is 2.04. The number of hydrogen-bond acceptors (Lipinski definition) is 5. The van der Waals surface area contributed by atoms with Crippen LogP contribution < -0.4 is 15.8 Å². The number of anilines is 2. The van der Waals surface area contributed by atoms with Crippen molar-refractivity contribution >= 4 is 11.5 Å². The van der Waals surface area contributed by atoms with Crippen molar-refractivity contribution in [3.63, 3.8) is 0 Å². The Bertz CT molecular complexity index is 575. The monoisotopic (exact) mass is 254 g/mol. The third-order valence-electron chi connectivity index (χ3n) is 2.38. The molecule has 0 spiro atoms. The third kappa shape index (κ3) is 3.69. The number of nitrogens with two attached hydrogens (primary N) is 1. The highest BCUT2D eigenvalue weighted by molar-refractivity contribution is 5.57. The molecule has 2 aromatic rings. The molecule has 1 aromatic heterocycles. The Labute approximate surface area is 111 Å².